The highest BCUT2D eigenvalue weighted by Gasteiger charge is 2.28. The fourth-order valence-electron chi connectivity index (χ4n) is 2.94. The maximum absolute atomic E-state index is 13.7. The fourth-order valence-corrected chi connectivity index (χ4v) is 3.85. The number of benzene rings is 1. The van der Waals surface area contributed by atoms with Crippen LogP contribution >= 0.6 is 11.8 Å². The van der Waals surface area contributed by atoms with Crippen LogP contribution in [0.1, 0.15) is 41.7 Å². The molecule has 7 heteroatoms. The summed E-state index contributed by atoms with van der Waals surface area (Å²) in [6.07, 6.45) is 2.42. The second-order valence-corrected chi connectivity index (χ2v) is 6.91. The fraction of sp³-hybridized carbons (Fsp3) is 0.500. The molecule has 1 saturated carbocycles. The summed E-state index contributed by atoms with van der Waals surface area (Å²) in [5.41, 5.74) is 1.66. The second-order valence-electron chi connectivity index (χ2n) is 5.92. The number of halogens is 1. The van der Waals surface area contributed by atoms with Crippen LogP contribution in [0.15, 0.2) is 12.1 Å². The van der Waals surface area contributed by atoms with E-state index in [0.717, 1.165) is 34.3 Å². The minimum absolute atomic E-state index is 0.228. The van der Waals surface area contributed by atoms with Gasteiger partial charge in [0.05, 0.1) is 12.4 Å². The van der Waals surface area contributed by atoms with Gasteiger partial charge in [-0.05, 0) is 31.9 Å². The standard InChI is InChI=1S/C16H18FN3O2S/c1-10-18-19-15(20(10)14-2-3-14)8-23-7-12-5-13(17)4-11-6-21-9-22-16(11)12/h4-5,14H,2-3,6-9H2,1H3. The van der Waals surface area contributed by atoms with Crippen molar-refractivity contribution in [3.8, 4) is 5.75 Å². The van der Waals surface area contributed by atoms with Gasteiger partial charge in [0.1, 0.15) is 23.2 Å². The summed E-state index contributed by atoms with van der Waals surface area (Å²) in [5, 5.41) is 8.47. The zero-order chi connectivity index (χ0) is 15.8. The van der Waals surface area contributed by atoms with E-state index in [9.17, 15) is 4.39 Å². The Morgan fingerprint density at radius 3 is 3.00 bits per heavy atom. The van der Waals surface area contributed by atoms with E-state index in [-0.39, 0.29) is 12.6 Å². The van der Waals surface area contributed by atoms with Gasteiger partial charge in [-0.3, -0.25) is 0 Å². The number of ether oxygens (including phenoxy) is 2. The van der Waals surface area contributed by atoms with E-state index in [2.05, 4.69) is 14.8 Å². The monoisotopic (exact) mass is 335 g/mol. The van der Waals surface area contributed by atoms with Crippen molar-refractivity contribution in [1.82, 2.24) is 14.8 Å². The number of fused-ring (bicyclic) bond motifs is 1. The van der Waals surface area contributed by atoms with Gasteiger partial charge >= 0.3 is 0 Å². The summed E-state index contributed by atoms with van der Waals surface area (Å²) in [5.74, 6) is 3.95. The minimum Gasteiger partial charge on any atom is -0.467 e. The van der Waals surface area contributed by atoms with E-state index in [1.54, 1.807) is 17.8 Å². The smallest absolute Gasteiger partial charge is 0.189 e. The third kappa shape index (κ3) is 3.07. The van der Waals surface area contributed by atoms with Gasteiger partial charge in [0, 0.05) is 22.9 Å². The van der Waals surface area contributed by atoms with E-state index in [1.807, 2.05) is 6.92 Å². The first-order chi connectivity index (χ1) is 11.2. The maximum Gasteiger partial charge on any atom is 0.189 e. The van der Waals surface area contributed by atoms with Gasteiger partial charge in [0.2, 0.25) is 0 Å². The van der Waals surface area contributed by atoms with E-state index >= 15 is 0 Å². The molecule has 0 atom stereocenters. The average molecular weight is 335 g/mol. The Morgan fingerprint density at radius 2 is 2.17 bits per heavy atom. The van der Waals surface area contributed by atoms with Crippen LogP contribution in [-0.2, 0) is 22.8 Å². The number of hydrogen-bond acceptors (Lipinski definition) is 5. The van der Waals surface area contributed by atoms with Crippen LogP contribution in [-0.4, -0.2) is 21.6 Å². The molecule has 1 aromatic carbocycles. The normalized spacial score (nSPS) is 17.0. The van der Waals surface area contributed by atoms with Crippen LogP contribution in [0.25, 0.3) is 0 Å². The van der Waals surface area contributed by atoms with Gasteiger partial charge < -0.3 is 14.0 Å². The Kier molecular flexibility index (Phi) is 3.98. The van der Waals surface area contributed by atoms with E-state index < -0.39 is 0 Å². The quantitative estimate of drug-likeness (QED) is 0.838. The Hall–Kier alpha value is -1.60. The average Bonchev–Trinajstić information content (AvgIpc) is 3.31. The highest BCUT2D eigenvalue weighted by molar-refractivity contribution is 7.97. The van der Waals surface area contributed by atoms with Gasteiger partial charge in [0.25, 0.3) is 0 Å². The first kappa shape index (κ1) is 15.0. The van der Waals surface area contributed by atoms with Crippen LogP contribution in [0.5, 0.6) is 5.75 Å². The number of aryl methyl sites for hydroxylation is 1. The summed E-state index contributed by atoms with van der Waals surface area (Å²) in [7, 11) is 0. The molecule has 0 N–H and O–H groups in total. The van der Waals surface area contributed by atoms with E-state index in [0.29, 0.717) is 18.4 Å². The van der Waals surface area contributed by atoms with Crippen LogP contribution in [0.2, 0.25) is 0 Å². The van der Waals surface area contributed by atoms with Gasteiger partial charge in [-0.2, -0.15) is 0 Å². The highest BCUT2D eigenvalue weighted by Crippen LogP contribution is 2.38. The molecule has 23 heavy (non-hydrogen) atoms. The molecule has 2 aliphatic rings. The topological polar surface area (TPSA) is 49.2 Å². The summed E-state index contributed by atoms with van der Waals surface area (Å²) in [6.45, 7) is 2.63. The molecule has 4 rings (SSSR count). The molecule has 2 heterocycles. The molecule has 2 aromatic rings. The van der Waals surface area contributed by atoms with Crippen molar-refractivity contribution >= 4 is 11.8 Å². The second kappa shape index (κ2) is 6.13. The molecular weight excluding hydrogens is 317 g/mol. The molecule has 1 aliphatic carbocycles. The summed E-state index contributed by atoms with van der Waals surface area (Å²) in [4.78, 5) is 0. The largest absolute Gasteiger partial charge is 0.467 e. The lowest BCUT2D eigenvalue weighted by Crippen LogP contribution is -2.13. The molecule has 5 nitrogen and oxygen atoms in total. The molecular formula is C16H18FN3O2S. The van der Waals surface area contributed by atoms with Gasteiger partial charge in [-0.25, -0.2) is 4.39 Å². The number of aromatic nitrogens is 3. The molecule has 1 fully saturated rings. The van der Waals surface area contributed by atoms with Crippen LogP contribution in [0.4, 0.5) is 4.39 Å². The zero-order valence-corrected chi connectivity index (χ0v) is 13.7. The summed E-state index contributed by atoms with van der Waals surface area (Å²) >= 11 is 1.70. The number of thioether (sulfide) groups is 1. The molecule has 0 radical (unpaired) electrons. The molecule has 1 aliphatic heterocycles. The molecule has 0 spiro atoms. The van der Waals surface area contributed by atoms with Gasteiger partial charge in [0.15, 0.2) is 6.79 Å². The lowest BCUT2D eigenvalue weighted by atomic mass is 10.1. The van der Waals surface area contributed by atoms with Crippen LogP contribution in [0, 0.1) is 12.7 Å². The van der Waals surface area contributed by atoms with Crippen molar-refractivity contribution in [2.24, 2.45) is 0 Å². The lowest BCUT2D eigenvalue weighted by molar-refractivity contribution is -0.0171. The molecule has 1 aromatic heterocycles. The summed E-state index contributed by atoms with van der Waals surface area (Å²) in [6, 6.07) is 3.60. The first-order valence-electron chi connectivity index (χ1n) is 7.72. The summed E-state index contributed by atoms with van der Waals surface area (Å²) < 4.78 is 26.7. The Bertz CT molecular complexity index is 730. The lowest BCUT2D eigenvalue weighted by Gasteiger charge is -2.20. The molecule has 0 unspecified atom stereocenters. The number of hydrogen-bond donors (Lipinski definition) is 0. The van der Waals surface area contributed by atoms with Crippen molar-refractivity contribution in [1.29, 1.82) is 0 Å². The van der Waals surface area contributed by atoms with E-state index in [4.69, 9.17) is 9.47 Å². The van der Waals surface area contributed by atoms with Crippen LogP contribution < -0.4 is 4.74 Å². The maximum atomic E-state index is 13.7. The third-order valence-corrected chi connectivity index (χ3v) is 5.07. The molecule has 0 bridgehead atoms. The minimum atomic E-state index is -0.245. The SMILES string of the molecule is Cc1nnc(CSCc2cc(F)cc3c2OCOC3)n1C1CC1. The Morgan fingerprint density at radius 1 is 1.30 bits per heavy atom. The third-order valence-electron chi connectivity index (χ3n) is 4.09. The molecule has 0 amide bonds. The molecule has 122 valence electrons. The number of rotatable bonds is 5. The zero-order valence-electron chi connectivity index (χ0n) is 12.9. The Balaban J connectivity index is 1.47. The van der Waals surface area contributed by atoms with Gasteiger partial charge in [-0.1, -0.05) is 0 Å². The predicted octanol–water partition coefficient (Wildman–Crippen LogP) is 3.36. The van der Waals surface area contributed by atoms with Gasteiger partial charge in [-0.15, -0.1) is 22.0 Å². The number of nitrogens with zero attached hydrogens (tertiary/aromatic N) is 3. The van der Waals surface area contributed by atoms with Crippen molar-refractivity contribution in [3.05, 3.63) is 40.7 Å². The highest BCUT2D eigenvalue weighted by atomic mass is 32.2. The first-order valence-corrected chi connectivity index (χ1v) is 8.88. The molecule has 0 saturated heterocycles. The van der Waals surface area contributed by atoms with E-state index in [1.165, 1.54) is 18.9 Å². The van der Waals surface area contributed by atoms with Crippen molar-refractivity contribution in [2.45, 2.75) is 43.9 Å². The van der Waals surface area contributed by atoms with Crippen molar-refractivity contribution in [2.75, 3.05) is 6.79 Å². The predicted molar refractivity (Wildman–Crippen MR) is 84.7 cm³/mol. The van der Waals surface area contributed by atoms with Crippen LogP contribution in [0.3, 0.4) is 0 Å². The van der Waals surface area contributed by atoms with Crippen molar-refractivity contribution in [3.63, 3.8) is 0 Å². The Labute approximate surface area is 138 Å². The van der Waals surface area contributed by atoms with Crippen molar-refractivity contribution < 1.29 is 13.9 Å².